The third-order valence-electron chi connectivity index (χ3n) is 7.32. The SMILES string of the molecule is COc1cc(-c2[nH]c3ccc(N4CCN(C5CCC5)CC4)nc3c2C(C)C)cn2ncnc12. The van der Waals surface area contributed by atoms with Gasteiger partial charge < -0.3 is 14.6 Å². The number of H-pyrrole nitrogens is 1. The molecular formula is C25H31N7O. The number of ether oxygens (including phenoxy) is 1. The molecule has 4 aromatic rings. The zero-order valence-corrected chi connectivity index (χ0v) is 19.6. The number of aromatic nitrogens is 5. The Morgan fingerprint density at radius 3 is 2.64 bits per heavy atom. The summed E-state index contributed by atoms with van der Waals surface area (Å²) < 4.78 is 7.36. The van der Waals surface area contributed by atoms with E-state index in [0.29, 0.717) is 17.3 Å². The predicted molar refractivity (Wildman–Crippen MR) is 130 cm³/mol. The van der Waals surface area contributed by atoms with E-state index in [1.807, 2.05) is 12.3 Å². The minimum atomic E-state index is 0.310. The molecule has 2 fully saturated rings. The summed E-state index contributed by atoms with van der Waals surface area (Å²) in [5.41, 5.74) is 6.13. The highest BCUT2D eigenvalue weighted by atomic mass is 16.5. The second kappa shape index (κ2) is 8.02. The van der Waals surface area contributed by atoms with Crippen LogP contribution in [0, 0.1) is 0 Å². The molecule has 0 radical (unpaired) electrons. The zero-order chi connectivity index (χ0) is 22.5. The molecular weight excluding hydrogens is 414 g/mol. The first-order chi connectivity index (χ1) is 16.1. The molecule has 0 amide bonds. The van der Waals surface area contributed by atoms with E-state index in [2.05, 4.69) is 50.8 Å². The van der Waals surface area contributed by atoms with Gasteiger partial charge in [0, 0.05) is 49.5 Å². The number of rotatable bonds is 5. The Kier molecular flexibility index (Phi) is 4.98. The minimum absolute atomic E-state index is 0.310. The second-order valence-electron chi connectivity index (χ2n) is 9.57. The highest BCUT2D eigenvalue weighted by Gasteiger charge is 2.28. The van der Waals surface area contributed by atoms with Crippen LogP contribution in [0.4, 0.5) is 5.82 Å². The van der Waals surface area contributed by atoms with Crippen molar-refractivity contribution in [2.75, 3.05) is 38.2 Å². The lowest BCUT2D eigenvalue weighted by atomic mass is 9.91. The van der Waals surface area contributed by atoms with Crippen molar-refractivity contribution in [2.24, 2.45) is 0 Å². The van der Waals surface area contributed by atoms with Crippen LogP contribution in [-0.2, 0) is 0 Å². The Hall–Kier alpha value is -3.13. The van der Waals surface area contributed by atoms with Gasteiger partial charge in [0.15, 0.2) is 11.4 Å². The number of anilines is 1. The Bertz CT molecular complexity index is 1300. The monoisotopic (exact) mass is 445 g/mol. The van der Waals surface area contributed by atoms with Crippen LogP contribution in [0.3, 0.4) is 0 Å². The topological polar surface area (TPSA) is 74.6 Å². The Labute approximate surface area is 193 Å². The highest BCUT2D eigenvalue weighted by Crippen LogP contribution is 2.37. The maximum absolute atomic E-state index is 5.60. The summed E-state index contributed by atoms with van der Waals surface area (Å²) >= 11 is 0. The average Bonchev–Trinajstić information content (AvgIpc) is 3.41. The standard InChI is InChI=1S/C25H31N7O/c1-16(2)22-23(17-13-20(33-3)25-26-15-27-32(25)14-17)28-19-7-8-21(29-24(19)22)31-11-9-30(10-12-31)18-5-4-6-18/h7-8,13-16,18,28H,4-6,9-12H2,1-3H3. The van der Waals surface area contributed by atoms with Gasteiger partial charge in [0.25, 0.3) is 0 Å². The molecule has 1 saturated carbocycles. The van der Waals surface area contributed by atoms with Gasteiger partial charge in [0.05, 0.1) is 23.8 Å². The number of nitrogens with one attached hydrogen (secondary N) is 1. The molecule has 0 atom stereocenters. The number of pyridine rings is 2. The van der Waals surface area contributed by atoms with E-state index in [-0.39, 0.29) is 0 Å². The summed E-state index contributed by atoms with van der Waals surface area (Å²) in [6.07, 6.45) is 7.70. The van der Waals surface area contributed by atoms with Crippen LogP contribution in [0.1, 0.15) is 44.6 Å². The van der Waals surface area contributed by atoms with E-state index in [1.165, 1.54) is 24.8 Å². The quantitative estimate of drug-likeness (QED) is 0.499. The minimum Gasteiger partial charge on any atom is -0.493 e. The van der Waals surface area contributed by atoms with Gasteiger partial charge in [-0.05, 0) is 37.0 Å². The summed E-state index contributed by atoms with van der Waals surface area (Å²) in [6.45, 7) is 8.81. The van der Waals surface area contributed by atoms with Crippen LogP contribution in [0.25, 0.3) is 27.9 Å². The molecule has 172 valence electrons. The molecule has 5 heterocycles. The number of piperazine rings is 1. The lowest BCUT2D eigenvalue weighted by Crippen LogP contribution is -2.52. The van der Waals surface area contributed by atoms with E-state index >= 15 is 0 Å². The van der Waals surface area contributed by atoms with Crippen LogP contribution in [0.5, 0.6) is 5.75 Å². The third kappa shape index (κ3) is 3.44. The predicted octanol–water partition coefficient (Wildman–Crippen LogP) is 4.08. The van der Waals surface area contributed by atoms with Gasteiger partial charge in [-0.25, -0.2) is 14.5 Å². The van der Waals surface area contributed by atoms with Crippen molar-refractivity contribution in [3.05, 3.63) is 36.3 Å². The van der Waals surface area contributed by atoms with E-state index in [0.717, 1.165) is 60.3 Å². The summed E-state index contributed by atoms with van der Waals surface area (Å²) in [5, 5.41) is 4.33. The summed E-state index contributed by atoms with van der Waals surface area (Å²) in [6, 6.07) is 7.19. The van der Waals surface area contributed by atoms with E-state index in [4.69, 9.17) is 9.72 Å². The maximum Gasteiger partial charge on any atom is 0.197 e. The smallest absolute Gasteiger partial charge is 0.197 e. The molecule has 1 N–H and O–H groups in total. The first-order valence-electron chi connectivity index (χ1n) is 12.0. The average molecular weight is 446 g/mol. The number of fused-ring (bicyclic) bond motifs is 2. The molecule has 1 saturated heterocycles. The second-order valence-corrected chi connectivity index (χ2v) is 9.57. The Morgan fingerprint density at radius 2 is 1.94 bits per heavy atom. The van der Waals surface area contributed by atoms with Crippen molar-refractivity contribution in [1.82, 2.24) is 29.5 Å². The first-order valence-corrected chi connectivity index (χ1v) is 12.0. The van der Waals surface area contributed by atoms with Crippen molar-refractivity contribution < 1.29 is 4.74 Å². The largest absolute Gasteiger partial charge is 0.493 e. The van der Waals surface area contributed by atoms with E-state index in [1.54, 1.807) is 18.0 Å². The van der Waals surface area contributed by atoms with Crippen molar-refractivity contribution >= 4 is 22.5 Å². The van der Waals surface area contributed by atoms with Crippen LogP contribution in [0.2, 0.25) is 0 Å². The Balaban J connectivity index is 1.38. The lowest BCUT2D eigenvalue weighted by Gasteiger charge is -2.43. The van der Waals surface area contributed by atoms with Gasteiger partial charge in [-0.1, -0.05) is 20.3 Å². The molecule has 1 aliphatic heterocycles. The zero-order valence-electron chi connectivity index (χ0n) is 19.6. The van der Waals surface area contributed by atoms with Crippen molar-refractivity contribution in [3.8, 4) is 17.0 Å². The lowest BCUT2D eigenvalue weighted by molar-refractivity contribution is 0.120. The normalized spacial score (nSPS) is 17.9. The molecule has 0 aromatic carbocycles. The molecule has 2 aliphatic rings. The third-order valence-corrected chi connectivity index (χ3v) is 7.32. The van der Waals surface area contributed by atoms with Gasteiger partial charge in [0.1, 0.15) is 12.1 Å². The van der Waals surface area contributed by atoms with Gasteiger partial charge >= 0.3 is 0 Å². The Morgan fingerprint density at radius 1 is 1.12 bits per heavy atom. The van der Waals surface area contributed by atoms with Crippen molar-refractivity contribution in [1.29, 1.82) is 0 Å². The van der Waals surface area contributed by atoms with Crippen LogP contribution < -0.4 is 9.64 Å². The fourth-order valence-electron chi connectivity index (χ4n) is 5.29. The number of nitrogens with zero attached hydrogens (tertiary/aromatic N) is 6. The maximum atomic E-state index is 5.60. The summed E-state index contributed by atoms with van der Waals surface area (Å²) in [4.78, 5) is 18.2. The molecule has 1 aliphatic carbocycles. The number of hydrogen-bond acceptors (Lipinski definition) is 6. The van der Waals surface area contributed by atoms with Gasteiger partial charge in [-0.3, -0.25) is 4.90 Å². The van der Waals surface area contributed by atoms with Crippen LogP contribution in [-0.4, -0.2) is 68.8 Å². The molecule has 0 unspecified atom stereocenters. The fourth-order valence-corrected chi connectivity index (χ4v) is 5.29. The summed E-state index contributed by atoms with van der Waals surface area (Å²) in [5.74, 6) is 2.09. The van der Waals surface area contributed by atoms with E-state index < -0.39 is 0 Å². The van der Waals surface area contributed by atoms with Gasteiger partial charge in [-0.2, -0.15) is 5.10 Å². The molecule has 0 bridgehead atoms. The fraction of sp³-hybridized carbons (Fsp3) is 0.480. The van der Waals surface area contributed by atoms with E-state index in [9.17, 15) is 0 Å². The summed E-state index contributed by atoms with van der Waals surface area (Å²) in [7, 11) is 1.67. The highest BCUT2D eigenvalue weighted by molar-refractivity contribution is 5.90. The van der Waals surface area contributed by atoms with Crippen molar-refractivity contribution in [2.45, 2.75) is 45.1 Å². The number of aromatic amines is 1. The first kappa shape index (κ1) is 20.5. The molecule has 0 spiro atoms. The molecule has 33 heavy (non-hydrogen) atoms. The number of methoxy groups -OCH3 is 1. The van der Waals surface area contributed by atoms with Gasteiger partial charge in [-0.15, -0.1) is 0 Å². The molecule has 4 aromatic heterocycles. The molecule has 8 heteroatoms. The van der Waals surface area contributed by atoms with Crippen molar-refractivity contribution in [3.63, 3.8) is 0 Å². The van der Waals surface area contributed by atoms with Crippen LogP contribution in [0.15, 0.2) is 30.7 Å². The van der Waals surface area contributed by atoms with Crippen LogP contribution >= 0.6 is 0 Å². The van der Waals surface area contributed by atoms with Gasteiger partial charge in [0.2, 0.25) is 0 Å². The molecule has 8 nitrogen and oxygen atoms in total. The molecule has 6 rings (SSSR count). The number of hydrogen-bond donors (Lipinski definition) is 1.